The zero-order chi connectivity index (χ0) is 19.0. The first-order valence-electron chi connectivity index (χ1n) is 7.12. The molecule has 2 aromatic rings. The Labute approximate surface area is 139 Å². The summed E-state index contributed by atoms with van der Waals surface area (Å²) in [5, 5.41) is 9.66. The van der Waals surface area contributed by atoms with E-state index in [0.29, 0.717) is 16.8 Å². The van der Waals surface area contributed by atoms with Crippen LogP contribution >= 0.6 is 0 Å². The first-order chi connectivity index (χ1) is 11.6. The number of carbonyl (C=O) groups excluding carboxylic acids is 1. The molecule has 0 aliphatic carbocycles. The summed E-state index contributed by atoms with van der Waals surface area (Å²) in [7, 11) is 0. The molecule has 25 heavy (non-hydrogen) atoms. The fourth-order valence-corrected chi connectivity index (χ4v) is 2.58. The van der Waals surface area contributed by atoms with Crippen LogP contribution in [0.2, 0.25) is 0 Å². The number of aliphatic hydroxyl groups excluding tert-OH is 1. The molecular weight excluding hydrogens is 349 g/mol. The predicted octanol–water partition coefficient (Wildman–Crippen LogP) is 3.74. The highest BCUT2D eigenvalue weighted by molar-refractivity contribution is 5.89. The van der Waals surface area contributed by atoms with Crippen molar-refractivity contribution in [2.75, 3.05) is 0 Å². The van der Waals surface area contributed by atoms with E-state index in [1.165, 1.54) is 13.8 Å². The molecule has 0 aliphatic heterocycles. The summed E-state index contributed by atoms with van der Waals surface area (Å²) in [6.07, 6.45) is -0.882. The highest BCUT2D eigenvalue weighted by Crippen LogP contribution is 2.26. The van der Waals surface area contributed by atoms with Gasteiger partial charge in [-0.2, -0.15) is 0 Å². The first-order valence-corrected chi connectivity index (χ1v) is 7.12. The van der Waals surface area contributed by atoms with E-state index in [4.69, 9.17) is 0 Å². The van der Waals surface area contributed by atoms with Crippen LogP contribution < -0.4 is 0 Å². The Morgan fingerprint density at radius 3 is 1.96 bits per heavy atom. The van der Waals surface area contributed by atoms with E-state index in [9.17, 15) is 31.9 Å². The molecule has 0 fully saturated rings. The summed E-state index contributed by atoms with van der Waals surface area (Å²) >= 11 is 0. The van der Waals surface area contributed by atoms with Gasteiger partial charge in [-0.25, -0.2) is 26.7 Å². The van der Waals surface area contributed by atoms with Gasteiger partial charge in [-0.3, -0.25) is 0 Å². The Morgan fingerprint density at radius 1 is 1.04 bits per heavy atom. The highest BCUT2D eigenvalue weighted by atomic mass is 19.2. The van der Waals surface area contributed by atoms with Crippen LogP contribution in [0.25, 0.3) is 0 Å². The minimum absolute atomic E-state index is 0.0859. The summed E-state index contributed by atoms with van der Waals surface area (Å²) in [5.74, 6) is -11.7. The van der Waals surface area contributed by atoms with Crippen molar-refractivity contribution in [2.45, 2.75) is 33.5 Å². The van der Waals surface area contributed by atoms with E-state index in [2.05, 4.69) is 9.72 Å². The van der Waals surface area contributed by atoms with Crippen molar-refractivity contribution < 1.29 is 36.6 Å². The lowest BCUT2D eigenvalue weighted by atomic mass is 10.1. The molecule has 0 saturated carbocycles. The second-order valence-corrected chi connectivity index (χ2v) is 5.46. The number of carbonyl (C=O) groups is 1. The van der Waals surface area contributed by atoms with Gasteiger partial charge in [0.05, 0.1) is 11.7 Å². The van der Waals surface area contributed by atoms with Crippen LogP contribution in [0.4, 0.5) is 22.0 Å². The lowest BCUT2D eigenvalue weighted by molar-refractivity contribution is 0.0455. The van der Waals surface area contributed by atoms with Gasteiger partial charge in [-0.1, -0.05) is 0 Å². The van der Waals surface area contributed by atoms with Gasteiger partial charge in [0.1, 0.15) is 12.3 Å². The smallest absolute Gasteiger partial charge is 0.355 e. The molecule has 0 amide bonds. The van der Waals surface area contributed by atoms with E-state index in [0.717, 1.165) is 0 Å². The number of hydrogen-bond donors (Lipinski definition) is 2. The van der Waals surface area contributed by atoms with Gasteiger partial charge in [-0.15, -0.1) is 0 Å². The van der Waals surface area contributed by atoms with Gasteiger partial charge in [-0.05, 0) is 26.3 Å². The van der Waals surface area contributed by atoms with E-state index in [-0.39, 0.29) is 5.69 Å². The van der Waals surface area contributed by atoms with Gasteiger partial charge >= 0.3 is 5.97 Å². The Morgan fingerprint density at radius 2 is 1.52 bits per heavy atom. The predicted molar refractivity (Wildman–Crippen MR) is 76.3 cm³/mol. The van der Waals surface area contributed by atoms with E-state index in [1.54, 1.807) is 6.92 Å². The number of hydrogen-bond acceptors (Lipinski definition) is 3. The van der Waals surface area contributed by atoms with Crippen LogP contribution in [0.5, 0.6) is 0 Å². The number of aliphatic hydroxyl groups is 1. The van der Waals surface area contributed by atoms with Gasteiger partial charge in [0.2, 0.25) is 5.82 Å². The fourth-order valence-electron chi connectivity index (χ4n) is 2.58. The Kier molecular flexibility index (Phi) is 5.17. The molecule has 136 valence electrons. The standard InChI is InChI=1S/C16H14F5NO3/c1-5-9(7(3)23)6(2)22-15(5)16(24)25-4-8-10(17)12(19)14(21)13(20)11(8)18/h7,22-23H,4H2,1-3H3/t7-/m0/s1. The van der Waals surface area contributed by atoms with Crippen LogP contribution in [0.3, 0.4) is 0 Å². The maximum absolute atomic E-state index is 13.6. The maximum atomic E-state index is 13.6. The summed E-state index contributed by atoms with van der Waals surface area (Å²) in [5.41, 5.74) is -0.0486. The number of H-pyrrole nitrogens is 1. The highest BCUT2D eigenvalue weighted by Gasteiger charge is 2.27. The molecule has 4 nitrogen and oxygen atoms in total. The zero-order valence-electron chi connectivity index (χ0n) is 13.4. The third-order valence-electron chi connectivity index (χ3n) is 3.77. The summed E-state index contributed by atoms with van der Waals surface area (Å²) in [4.78, 5) is 14.7. The fraction of sp³-hybridized carbons (Fsp3) is 0.312. The molecule has 9 heteroatoms. The topological polar surface area (TPSA) is 62.3 Å². The largest absolute Gasteiger partial charge is 0.456 e. The third kappa shape index (κ3) is 3.23. The molecule has 0 radical (unpaired) electrons. The van der Waals surface area contributed by atoms with Gasteiger partial charge < -0.3 is 14.8 Å². The van der Waals surface area contributed by atoms with Gasteiger partial charge in [0, 0.05) is 11.3 Å². The van der Waals surface area contributed by atoms with Crippen molar-refractivity contribution >= 4 is 5.97 Å². The van der Waals surface area contributed by atoms with Gasteiger partial charge in [0.25, 0.3) is 0 Å². The minimum Gasteiger partial charge on any atom is -0.456 e. The molecule has 2 rings (SSSR count). The van der Waals surface area contributed by atoms with Crippen molar-refractivity contribution in [1.29, 1.82) is 0 Å². The number of rotatable bonds is 4. The van der Waals surface area contributed by atoms with Crippen LogP contribution in [-0.4, -0.2) is 16.1 Å². The number of ether oxygens (including phenoxy) is 1. The monoisotopic (exact) mass is 363 g/mol. The number of esters is 1. The SMILES string of the molecule is Cc1[nH]c(C(=O)OCc2c(F)c(F)c(F)c(F)c2F)c(C)c1[C@H](C)O. The summed E-state index contributed by atoms with van der Waals surface area (Å²) in [6.45, 7) is 3.44. The Balaban J connectivity index is 2.29. The van der Waals surface area contributed by atoms with E-state index in [1.807, 2.05) is 0 Å². The molecule has 1 heterocycles. The second-order valence-electron chi connectivity index (χ2n) is 5.46. The van der Waals surface area contributed by atoms with Crippen LogP contribution in [-0.2, 0) is 11.3 Å². The van der Waals surface area contributed by atoms with E-state index >= 15 is 0 Å². The third-order valence-corrected chi connectivity index (χ3v) is 3.77. The molecule has 1 aromatic carbocycles. The van der Waals surface area contributed by atoms with Crippen molar-refractivity contribution in [3.8, 4) is 0 Å². The molecule has 0 spiro atoms. The molecule has 0 bridgehead atoms. The molecule has 1 atom stereocenters. The summed E-state index contributed by atoms with van der Waals surface area (Å²) < 4.78 is 71.0. The minimum atomic E-state index is -2.29. The molecule has 0 aliphatic rings. The lowest BCUT2D eigenvalue weighted by Crippen LogP contribution is -2.12. The molecule has 2 N–H and O–H groups in total. The van der Waals surface area contributed by atoms with E-state index < -0.39 is 53.3 Å². The van der Waals surface area contributed by atoms with Gasteiger partial charge in [0.15, 0.2) is 23.3 Å². The van der Waals surface area contributed by atoms with Crippen LogP contribution in [0.1, 0.15) is 45.9 Å². The Bertz CT molecular complexity index is 816. The molecule has 1 aromatic heterocycles. The van der Waals surface area contributed by atoms with Crippen molar-refractivity contribution in [2.24, 2.45) is 0 Å². The molecule has 0 saturated heterocycles. The second kappa shape index (κ2) is 6.83. The van der Waals surface area contributed by atoms with Crippen molar-refractivity contribution in [3.05, 3.63) is 57.2 Å². The van der Waals surface area contributed by atoms with Crippen LogP contribution in [0, 0.1) is 42.9 Å². The lowest BCUT2D eigenvalue weighted by Gasteiger charge is -2.09. The number of benzene rings is 1. The average Bonchev–Trinajstić information content (AvgIpc) is 2.85. The number of nitrogens with one attached hydrogen (secondary N) is 1. The number of halogens is 5. The van der Waals surface area contributed by atoms with Crippen molar-refractivity contribution in [1.82, 2.24) is 4.98 Å². The number of aryl methyl sites for hydroxylation is 1. The maximum Gasteiger partial charge on any atom is 0.355 e. The quantitative estimate of drug-likeness (QED) is 0.377. The Hall–Kier alpha value is -2.42. The average molecular weight is 363 g/mol. The van der Waals surface area contributed by atoms with Crippen molar-refractivity contribution in [3.63, 3.8) is 0 Å². The zero-order valence-corrected chi connectivity index (χ0v) is 13.4. The molecule has 0 unspecified atom stereocenters. The number of aromatic nitrogens is 1. The first kappa shape index (κ1) is 18.9. The summed E-state index contributed by atoms with van der Waals surface area (Å²) in [6, 6.07) is 0. The van der Waals surface area contributed by atoms with Crippen LogP contribution in [0.15, 0.2) is 0 Å². The normalized spacial score (nSPS) is 12.4. The molecular formula is C16H14F5NO3. The number of aromatic amines is 1.